The number of hydrogen-bond acceptors (Lipinski definition) is 4. The molecule has 1 N–H and O–H groups in total. The zero-order valence-corrected chi connectivity index (χ0v) is 18.2. The molecule has 0 saturated carbocycles. The van der Waals surface area contributed by atoms with E-state index >= 15 is 0 Å². The molecule has 3 rings (SSSR count). The van der Waals surface area contributed by atoms with E-state index in [1.807, 2.05) is 73.0 Å². The van der Waals surface area contributed by atoms with Crippen LogP contribution in [0.3, 0.4) is 0 Å². The number of nitrogens with one attached hydrogen (secondary N) is 1. The molecule has 0 saturated heterocycles. The van der Waals surface area contributed by atoms with Crippen molar-refractivity contribution in [2.24, 2.45) is 0 Å². The summed E-state index contributed by atoms with van der Waals surface area (Å²) < 4.78 is 7.84. The van der Waals surface area contributed by atoms with E-state index in [0.29, 0.717) is 11.4 Å². The van der Waals surface area contributed by atoms with Crippen molar-refractivity contribution in [1.29, 1.82) is 5.26 Å². The number of rotatable bonds is 6. The number of nitrogens with zero attached hydrogens (tertiary/aromatic N) is 2. The minimum atomic E-state index is -0.509. The van der Waals surface area contributed by atoms with Gasteiger partial charge in [0.05, 0.1) is 12.0 Å². The van der Waals surface area contributed by atoms with Gasteiger partial charge >= 0.3 is 5.97 Å². The average Bonchev–Trinajstić information content (AvgIpc) is 2.98. The summed E-state index contributed by atoms with van der Waals surface area (Å²) in [6.45, 7) is 3.29. The van der Waals surface area contributed by atoms with Gasteiger partial charge in [-0.15, -0.1) is 0 Å². The Hall–Kier alpha value is -3.37. The predicted molar refractivity (Wildman–Crippen MR) is 117 cm³/mol. The number of ether oxygens (including phenoxy) is 1. The first-order valence-corrected chi connectivity index (χ1v) is 10.1. The molecule has 0 aliphatic heterocycles. The Kier molecular flexibility index (Phi) is 6.70. The number of hydrogen-bond donors (Lipinski definition) is 1. The first-order chi connectivity index (χ1) is 14.4. The second-order valence-electron chi connectivity index (χ2n) is 6.73. The highest BCUT2D eigenvalue weighted by Gasteiger charge is 2.21. The molecule has 0 aliphatic carbocycles. The summed E-state index contributed by atoms with van der Waals surface area (Å²) in [5, 5.41) is 12.3. The molecule has 0 spiro atoms. The molecule has 3 aromatic rings. The Bertz CT molecular complexity index is 1110. The number of halogens is 1. The second kappa shape index (κ2) is 9.42. The van der Waals surface area contributed by atoms with E-state index in [9.17, 15) is 14.9 Å². The minimum Gasteiger partial charge on any atom is -0.455 e. The van der Waals surface area contributed by atoms with Crippen molar-refractivity contribution in [3.05, 3.63) is 81.5 Å². The summed E-state index contributed by atoms with van der Waals surface area (Å²) in [5.41, 5.74) is 3.62. The number of esters is 1. The largest absolute Gasteiger partial charge is 0.455 e. The van der Waals surface area contributed by atoms with Gasteiger partial charge in [-0.2, -0.15) is 5.26 Å². The van der Waals surface area contributed by atoms with Gasteiger partial charge in [0.2, 0.25) is 0 Å². The van der Waals surface area contributed by atoms with Crippen molar-refractivity contribution in [1.82, 2.24) is 4.57 Å². The van der Waals surface area contributed by atoms with Crippen LogP contribution in [0.5, 0.6) is 0 Å². The van der Waals surface area contributed by atoms with Crippen LogP contribution in [0, 0.1) is 25.2 Å². The fourth-order valence-corrected chi connectivity index (χ4v) is 3.36. The number of aromatic nitrogens is 1. The van der Waals surface area contributed by atoms with Crippen LogP contribution in [0.1, 0.15) is 22.4 Å². The van der Waals surface area contributed by atoms with E-state index in [-0.39, 0.29) is 6.42 Å². The van der Waals surface area contributed by atoms with E-state index in [1.165, 1.54) is 0 Å². The van der Waals surface area contributed by atoms with Crippen LogP contribution in [0.4, 0.5) is 5.82 Å². The number of carbonyl (C=O) groups is 2. The van der Waals surface area contributed by atoms with E-state index in [2.05, 4.69) is 27.3 Å². The Labute approximate surface area is 183 Å². The predicted octanol–water partition coefficient (Wildman–Crippen LogP) is 4.45. The van der Waals surface area contributed by atoms with Gasteiger partial charge in [0.15, 0.2) is 6.61 Å². The molecule has 152 valence electrons. The fourth-order valence-electron chi connectivity index (χ4n) is 3.09. The van der Waals surface area contributed by atoms with Crippen molar-refractivity contribution in [2.45, 2.75) is 20.3 Å². The molecule has 1 aromatic heterocycles. The summed E-state index contributed by atoms with van der Waals surface area (Å²) in [6, 6.07) is 18.9. The zero-order valence-electron chi connectivity index (χ0n) is 16.6. The van der Waals surface area contributed by atoms with E-state index in [0.717, 1.165) is 27.0 Å². The molecule has 30 heavy (non-hydrogen) atoms. The van der Waals surface area contributed by atoms with Gasteiger partial charge in [0, 0.05) is 15.9 Å². The number of nitriles is 1. The van der Waals surface area contributed by atoms with Crippen molar-refractivity contribution in [2.75, 3.05) is 11.9 Å². The van der Waals surface area contributed by atoms with Gasteiger partial charge in [0.25, 0.3) is 5.91 Å². The lowest BCUT2D eigenvalue weighted by atomic mass is 10.2. The van der Waals surface area contributed by atoms with Crippen LogP contribution in [0.2, 0.25) is 0 Å². The third kappa shape index (κ3) is 4.78. The van der Waals surface area contributed by atoms with Crippen molar-refractivity contribution >= 4 is 33.6 Å². The van der Waals surface area contributed by atoms with Crippen molar-refractivity contribution in [3.63, 3.8) is 0 Å². The summed E-state index contributed by atoms with van der Waals surface area (Å²) in [4.78, 5) is 24.5. The Morgan fingerprint density at radius 3 is 2.40 bits per heavy atom. The lowest BCUT2D eigenvalue weighted by Crippen LogP contribution is -2.23. The van der Waals surface area contributed by atoms with Gasteiger partial charge in [-0.25, -0.2) is 0 Å². The molecule has 1 amide bonds. The van der Waals surface area contributed by atoms with Crippen LogP contribution >= 0.6 is 15.9 Å². The molecule has 7 heteroatoms. The van der Waals surface area contributed by atoms with E-state index < -0.39 is 18.5 Å². The first-order valence-electron chi connectivity index (χ1n) is 9.28. The number of para-hydroxylation sites is 1. The lowest BCUT2D eigenvalue weighted by molar-refractivity contribution is -0.146. The molecular formula is C23H20BrN3O3. The maximum absolute atomic E-state index is 12.5. The monoisotopic (exact) mass is 465 g/mol. The maximum atomic E-state index is 12.5. The standard InChI is InChI=1S/C23H20BrN3O3/c1-15-16(2)27(19-6-4-3-5-7-19)23(20(15)13-25)26-21(28)14-30-22(29)12-17-8-10-18(24)11-9-17/h3-11H,12,14H2,1-2H3,(H,26,28). The van der Waals surface area contributed by atoms with E-state index in [1.54, 1.807) is 0 Å². The average molecular weight is 466 g/mol. The fraction of sp³-hybridized carbons (Fsp3) is 0.174. The molecule has 0 unspecified atom stereocenters. The highest BCUT2D eigenvalue weighted by Crippen LogP contribution is 2.29. The number of carbonyl (C=O) groups excluding carboxylic acids is 2. The molecule has 0 atom stereocenters. The quantitative estimate of drug-likeness (QED) is 0.544. The normalized spacial score (nSPS) is 10.3. The van der Waals surface area contributed by atoms with Crippen LogP contribution in [-0.2, 0) is 20.7 Å². The maximum Gasteiger partial charge on any atom is 0.310 e. The molecule has 0 fully saturated rings. The molecule has 1 heterocycles. The highest BCUT2D eigenvalue weighted by molar-refractivity contribution is 9.10. The van der Waals surface area contributed by atoms with Crippen LogP contribution in [0.25, 0.3) is 5.69 Å². The van der Waals surface area contributed by atoms with Crippen LogP contribution < -0.4 is 5.32 Å². The van der Waals surface area contributed by atoms with Gasteiger partial charge in [-0.1, -0.05) is 46.3 Å². The molecule has 2 aromatic carbocycles. The van der Waals surface area contributed by atoms with Gasteiger partial charge in [0.1, 0.15) is 11.9 Å². The number of anilines is 1. The smallest absolute Gasteiger partial charge is 0.310 e. The van der Waals surface area contributed by atoms with Crippen molar-refractivity contribution in [3.8, 4) is 11.8 Å². The topological polar surface area (TPSA) is 84.1 Å². The summed E-state index contributed by atoms with van der Waals surface area (Å²) in [7, 11) is 0. The summed E-state index contributed by atoms with van der Waals surface area (Å²) >= 11 is 3.34. The third-order valence-electron chi connectivity index (χ3n) is 4.72. The van der Waals surface area contributed by atoms with E-state index in [4.69, 9.17) is 4.74 Å². The Morgan fingerprint density at radius 2 is 1.77 bits per heavy atom. The van der Waals surface area contributed by atoms with Crippen LogP contribution in [0.15, 0.2) is 59.1 Å². The van der Waals surface area contributed by atoms with Crippen molar-refractivity contribution < 1.29 is 14.3 Å². The summed E-state index contributed by atoms with van der Waals surface area (Å²) in [6.07, 6.45) is 0.0720. The first kappa shape index (κ1) is 21.3. The molecule has 0 aliphatic rings. The van der Waals surface area contributed by atoms with Gasteiger partial charge < -0.3 is 10.1 Å². The van der Waals surface area contributed by atoms with Crippen LogP contribution in [-0.4, -0.2) is 23.1 Å². The molecule has 6 nitrogen and oxygen atoms in total. The lowest BCUT2D eigenvalue weighted by Gasteiger charge is -2.13. The Balaban J connectivity index is 1.72. The molecule has 0 bridgehead atoms. The number of amides is 1. The van der Waals surface area contributed by atoms with Gasteiger partial charge in [-0.3, -0.25) is 14.2 Å². The van der Waals surface area contributed by atoms with Gasteiger partial charge in [-0.05, 0) is 49.2 Å². The second-order valence-corrected chi connectivity index (χ2v) is 7.64. The number of benzene rings is 2. The molecule has 0 radical (unpaired) electrons. The molecular weight excluding hydrogens is 446 g/mol. The minimum absolute atomic E-state index is 0.0720. The highest BCUT2D eigenvalue weighted by atomic mass is 79.9. The third-order valence-corrected chi connectivity index (χ3v) is 5.25. The summed E-state index contributed by atoms with van der Waals surface area (Å²) in [5.74, 6) is -0.642. The SMILES string of the molecule is Cc1c(C#N)c(NC(=O)COC(=O)Cc2ccc(Br)cc2)n(-c2ccccc2)c1C. The Morgan fingerprint density at radius 1 is 1.10 bits per heavy atom. The zero-order chi connectivity index (χ0) is 21.7.